The van der Waals surface area contributed by atoms with Crippen LogP contribution in [0.3, 0.4) is 0 Å². The second-order valence-electron chi connectivity index (χ2n) is 4.56. The largest absolute Gasteiger partial charge is 0.317 e. The Morgan fingerprint density at radius 3 is 3.25 bits per heavy atom. The molecule has 0 saturated carbocycles. The lowest BCUT2D eigenvalue weighted by Gasteiger charge is -2.16. The zero-order valence-electron chi connectivity index (χ0n) is 10.00. The van der Waals surface area contributed by atoms with Gasteiger partial charge in [-0.2, -0.15) is 0 Å². The summed E-state index contributed by atoms with van der Waals surface area (Å²) in [5, 5.41) is 7.07. The van der Waals surface area contributed by atoms with E-state index in [1.165, 1.54) is 36.9 Å². The number of hydrogen-bond donors (Lipinski definition) is 2. The third-order valence-electron chi connectivity index (χ3n) is 3.30. The molecule has 0 amide bonds. The van der Waals surface area contributed by atoms with Crippen molar-refractivity contribution in [1.29, 1.82) is 0 Å². The van der Waals surface area contributed by atoms with Crippen molar-refractivity contribution in [1.82, 2.24) is 15.6 Å². The van der Waals surface area contributed by atoms with Crippen LogP contribution in [0.1, 0.15) is 30.4 Å². The summed E-state index contributed by atoms with van der Waals surface area (Å²) in [5.41, 5.74) is 2.65. The summed E-state index contributed by atoms with van der Waals surface area (Å²) in [7, 11) is 0. The monoisotopic (exact) mass is 219 g/mol. The molecule has 1 saturated heterocycles. The van der Waals surface area contributed by atoms with Crippen molar-refractivity contribution >= 4 is 0 Å². The minimum Gasteiger partial charge on any atom is -0.317 e. The Hall–Kier alpha value is -0.930. The molecule has 3 nitrogen and oxygen atoms in total. The van der Waals surface area contributed by atoms with Gasteiger partial charge in [-0.25, -0.2) is 0 Å². The second-order valence-corrected chi connectivity index (χ2v) is 4.56. The fourth-order valence-corrected chi connectivity index (χ4v) is 2.16. The first-order valence-corrected chi connectivity index (χ1v) is 6.20. The highest BCUT2D eigenvalue weighted by Crippen LogP contribution is 2.08. The van der Waals surface area contributed by atoms with Crippen LogP contribution in [0.5, 0.6) is 0 Å². The summed E-state index contributed by atoms with van der Waals surface area (Å²) < 4.78 is 0. The summed E-state index contributed by atoms with van der Waals surface area (Å²) in [4.78, 5) is 4.18. The molecule has 2 N–H and O–H groups in total. The Kier molecular flexibility index (Phi) is 4.31. The van der Waals surface area contributed by atoms with Gasteiger partial charge < -0.3 is 10.6 Å². The highest BCUT2D eigenvalue weighted by atomic mass is 14.9. The third-order valence-corrected chi connectivity index (χ3v) is 3.30. The summed E-state index contributed by atoms with van der Waals surface area (Å²) in [6.07, 6.45) is 7.63. The van der Waals surface area contributed by atoms with E-state index in [9.17, 15) is 0 Å². The SMILES string of the molecule is Cc1ccncc1CNC1CCCNCC1. The van der Waals surface area contributed by atoms with Crippen molar-refractivity contribution < 1.29 is 0 Å². The number of aryl methyl sites for hydroxylation is 1. The van der Waals surface area contributed by atoms with Crippen molar-refractivity contribution in [2.24, 2.45) is 0 Å². The minimum atomic E-state index is 0.662. The zero-order valence-corrected chi connectivity index (χ0v) is 10.00. The lowest BCUT2D eigenvalue weighted by Crippen LogP contribution is -2.29. The van der Waals surface area contributed by atoms with Crippen molar-refractivity contribution in [2.45, 2.75) is 38.8 Å². The van der Waals surface area contributed by atoms with E-state index < -0.39 is 0 Å². The van der Waals surface area contributed by atoms with Crippen molar-refractivity contribution in [3.8, 4) is 0 Å². The quantitative estimate of drug-likeness (QED) is 0.811. The maximum Gasteiger partial charge on any atom is 0.0315 e. The van der Waals surface area contributed by atoms with Crippen LogP contribution >= 0.6 is 0 Å². The van der Waals surface area contributed by atoms with Crippen LogP contribution < -0.4 is 10.6 Å². The summed E-state index contributed by atoms with van der Waals surface area (Å²) >= 11 is 0. The Bertz CT molecular complexity index is 317. The van der Waals surface area contributed by atoms with E-state index in [-0.39, 0.29) is 0 Å². The van der Waals surface area contributed by atoms with Gasteiger partial charge in [0.1, 0.15) is 0 Å². The molecular weight excluding hydrogens is 198 g/mol. The van der Waals surface area contributed by atoms with Crippen LogP contribution in [0.15, 0.2) is 18.5 Å². The predicted octanol–water partition coefficient (Wildman–Crippen LogP) is 1.62. The van der Waals surface area contributed by atoms with E-state index in [0.29, 0.717) is 6.04 Å². The molecule has 0 radical (unpaired) electrons. The molecule has 0 aromatic carbocycles. The van der Waals surface area contributed by atoms with Gasteiger partial charge in [-0.15, -0.1) is 0 Å². The first-order valence-electron chi connectivity index (χ1n) is 6.20. The molecule has 16 heavy (non-hydrogen) atoms. The van der Waals surface area contributed by atoms with E-state index >= 15 is 0 Å². The first kappa shape index (κ1) is 11.6. The van der Waals surface area contributed by atoms with Gasteiger partial charge in [-0.3, -0.25) is 4.98 Å². The molecule has 1 aliphatic heterocycles. The molecular formula is C13H21N3. The van der Waals surface area contributed by atoms with Gasteiger partial charge in [0.25, 0.3) is 0 Å². The topological polar surface area (TPSA) is 37.0 Å². The Labute approximate surface area is 97.7 Å². The van der Waals surface area contributed by atoms with Gasteiger partial charge >= 0.3 is 0 Å². The molecule has 0 spiro atoms. The number of nitrogens with one attached hydrogen (secondary N) is 2. The number of aromatic nitrogens is 1. The number of nitrogens with zero attached hydrogens (tertiary/aromatic N) is 1. The minimum absolute atomic E-state index is 0.662. The van der Waals surface area contributed by atoms with E-state index in [1.807, 2.05) is 12.4 Å². The average Bonchev–Trinajstić information content (AvgIpc) is 2.56. The molecule has 2 rings (SSSR count). The average molecular weight is 219 g/mol. The lowest BCUT2D eigenvalue weighted by atomic mass is 10.1. The molecule has 88 valence electrons. The maximum atomic E-state index is 4.18. The van der Waals surface area contributed by atoms with E-state index in [1.54, 1.807) is 0 Å². The molecule has 1 unspecified atom stereocenters. The fourth-order valence-electron chi connectivity index (χ4n) is 2.16. The highest BCUT2D eigenvalue weighted by molar-refractivity contribution is 5.21. The van der Waals surface area contributed by atoms with Gasteiger partial charge in [0, 0.05) is 25.0 Å². The number of hydrogen-bond acceptors (Lipinski definition) is 3. The molecule has 1 aromatic heterocycles. The lowest BCUT2D eigenvalue weighted by molar-refractivity contribution is 0.467. The van der Waals surface area contributed by atoms with Crippen LogP contribution in [0.25, 0.3) is 0 Å². The van der Waals surface area contributed by atoms with Crippen molar-refractivity contribution in [3.05, 3.63) is 29.6 Å². The molecule has 3 heteroatoms. The standard InChI is InChI=1S/C13H21N3/c1-11-4-7-15-9-12(11)10-16-13-3-2-6-14-8-5-13/h4,7,9,13-14,16H,2-3,5-6,8,10H2,1H3. The van der Waals surface area contributed by atoms with E-state index in [0.717, 1.165) is 13.1 Å². The second kappa shape index (κ2) is 5.97. The van der Waals surface area contributed by atoms with Crippen molar-refractivity contribution in [3.63, 3.8) is 0 Å². The smallest absolute Gasteiger partial charge is 0.0315 e. The fraction of sp³-hybridized carbons (Fsp3) is 0.615. The summed E-state index contributed by atoms with van der Waals surface area (Å²) in [6.45, 7) is 5.41. The molecule has 0 aliphatic carbocycles. The van der Waals surface area contributed by atoms with Crippen LogP contribution in [0, 0.1) is 6.92 Å². The third kappa shape index (κ3) is 3.29. The number of pyridine rings is 1. The molecule has 1 aliphatic rings. The normalized spacial score (nSPS) is 21.7. The molecule has 1 atom stereocenters. The molecule has 1 fully saturated rings. The van der Waals surface area contributed by atoms with E-state index in [4.69, 9.17) is 0 Å². The van der Waals surface area contributed by atoms with Crippen molar-refractivity contribution in [2.75, 3.05) is 13.1 Å². The van der Waals surface area contributed by atoms with Gasteiger partial charge in [0.2, 0.25) is 0 Å². The molecule has 0 bridgehead atoms. The Morgan fingerprint density at radius 1 is 1.44 bits per heavy atom. The Balaban J connectivity index is 1.84. The van der Waals surface area contributed by atoms with Gasteiger partial charge in [-0.05, 0) is 56.5 Å². The maximum absolute atomic E-state index is 4.18. The first-order chi connectivity index (χ1) is 7.86. The van der Waals surface area contributed by atoms with Crippen LogP contribution in [-0.4, -0.2) is 24.1 Å². The predicted molar refractivity (Wildman–Crippen MR) is 66.3 cm³/mol. The number of rotatable bonds is 3. The van der Waals surface area contributed by atoms with E-state index in [2.05, 4.69) is 28.6 Å². The van der Waals surface area contributed by atoms with Gasteiger partial charge in [-0.1, -0.05) is 0 Å². The summed E-state index contributed by atoms with van der Waals surface area (Å²) in [5.74, 6) is 0. The van der Waals surface area contributed by atoms with Crippen LogP contribution in [0.4, 0.5) is 0 Å². The summed E-state index contributed by atoms with van der Waals surface area (Å²) in [6, 6.07) is 2.74. The van der Waals surface area contributed by atoms with Gasteiger partial charge in [0.15, 0.2) is 0 Å². The molecule has 1 aromatic rings. The van der Waals surface area contributed by atoms with Crippen LogP contribution in [0.2, 0.25) is 0 Å². The van der Waals surface area contributed by atoms with Gasteiger partial charge in [0.05, 0.1) is 0 Å². The Morgan fingerprint density at radius 2 is 2.38 bits per heavy atom. The van der Waals surface area contributed by atoms with Crippen LogP contribution in [-0.2, 0) is 6.54 Å². The molecule has 2 heterocycles. The zero-order chi connectivity index (χ0) is 11.2. The highest BCUT2D eigenvalue weighted by Gasteiger charge is 2.11.